The predicted molar refractivity (Wildman–Crippen MR) is 271 cm³/mol. The maximum atomic E-state index is 13.0. The number of ether oxygens (including phenoxy) is 1. The molecule has 2 aromatic carbocycles. The molecule has 2 fully saturated rings. The lowest BCUT2D eigenvalue weighted by Crippen LogP contribution is -2.22. The van der Waals surface area contributed by atoms with Crippen molar-refractivity contribution in [1.82, 2.24) is 59.1 Å². The highest BCUT2D eigenvalue weighted by atomic mass is 28.3. The van der Waals surface area contributed by atoms with Gasteiger partial charge in [0.1, 0.15) is 18.8 Å². The summed E-state index contributed by atoms with van der Waals surface area (Å²) in [5.41, 5.74) is 16.6. The third-order valence-corrected chi connectivity index (χ3v) is 15.7. The molecule has 8 aromatic rings. The molecule has 6 aromatic heterocycles. The number of benzene rings is 2. The third-order valence-electron chi connectivity index (χ3n) is 14.0. The number of carbonyl (C=O) groups excluding carboxylic acids is 1. The lowest BCUT2D eigenvalue weighted by atomic mass is 9.95. The van der Waals surface area contributed by atoms with Crippen molar-refractivity contribution in [2.24, 2.45) is 25.9 Å². The van der Waals surface area contributed by atoms with Gasteiger partial charge < -0.3 is 20.9 Å². The van der Waals surface area contributed by atoms with Gasteiger partial charge in [-0.25, -0.2) is 9.48 Å². The first-order valence-electron chi connectivity index (χ1n) is 24.5. The summed E-state index contributed by atoms with van der Waals surface area (Å²) in [6.45, 7) is 8.09. The zero-order valence-corrected chi connectivity index (χ0v) is 41.9. The summed E-state index contributed by atoms with van der Waals surface area (Å²) in [6.07, 6.45) is 21.3. The van der Waals surface area contributed by atoms with Crippen LogP contribution in [0.5, 0.6) is 0 Å². The summed E-state index contributed by atoms with van der Waals surface area (Å²) < 4.78 is 14.8. The zero-order chi connectivity index (χ0) is 49.4. The third kappa shape index (κ3) is 10.6. The quantitative estimate of drug-likeness (QED) is 0.0603. The molecular formula is C52H62N14O4Si. The Balaban J connectivity index is 0.000000128. The number of H-pyrrole nitrogens is 1. The standard InChI is InChI=1S/C23H23N7O.C15H24N2O3Si.C14H15N5/c1-29-12-16(10-24-29)22(14-5-3-2-4-6-14)30-13-17(11-25-30)26-23(31)21-20-18-9-15(18)7-8-19(20)27-28-21;1-21(2,3)7-6-20-9-17-12-5-4-10-8-11(10)13(12)14(16-17)15(18)19;1-18-9-12(7-16-18)14(11-5-3-2-4-6-11)19-10-13(15)8-17-19/h2-6,10-13,15,18,22H,7-9H2,1H3,(H,26,31)(H,27,28);10-11H,4-9H2,1-3H3,(H,18,19);2-10,14H,15H2,1H3. The molecule has 0 radical (unpaired) electrons. The molecule has 4 aliphatic rings. The number of anilines is 2. The van der Waals surface area contributed by atoms with Crippen LogP contribution in [0.2, 0.25) is 25.7 Å². The fourth-order valence-corrected chi connectivity index (χ4v) is 11.0. The maximum Gasteiger partial charge on any atom is 0.356 e. The Morgan fingerprint density at radius 1 is 0.761 bits per heavy atom. The van der Waals surface area contributed by atoms with Crippen LogP contribution in [0.4, 0.5) is 11.4 Å². The van der Waals surface area contributed by atoms with Crippen molar-refractivity contribution in [1.29, 1.82) is 0 Å². The Labute approximate surface area is 413 Å². The van der Waals surface area contributed by atoms with Gasteiger partial charge in [0.2, 0.25) is 0 Å². The molecule has 0 spiro atoms. The largest absolute Gasteiger partial charge is 0.476 e. The lowest BCUT2D eigenvalue weighted by Gasteiger charge is -2.17. The number of aromatic nitrogens is 12. The van der Waals surface area contributed by atoms with Crippen LogP contribution >= 0.6 is 0 Å². The van der Waals surface area contributed by atoms with E-state index in [1.54, 1.807) is 26.4 Å². The molecule has 0 aliphatic heterocycles. The van der Waals surface area contributed by atoms with Gasteiger partial charge in [-0.3, -0.25) is 28.6 Å². The van der Waals surface area contributed by atoms with Crippen LogP contribution in [0.25, 0.3) is 0 Å². The molecule has 5 N–H and O–H groups in total. The van der Waals surface area contributed by atoms with Crippen LogP contribution in [-0.2, 0) is 38.4 Å². The Morgan fingerprint density at radius 3 is 1.92 bits per heavy atom. The van der Waals surface area contributed by atoms with Gasteiger partial charge in [-0.1, -0.05) is 80.3 Å². The Bertz CT molecular complexity index is 3080. The number of hydrogen-bond acceptors (Lipinski definition) is 10. The molecule has 0 saturated heterocycles. The summed E-state index contributed by atoms with van der Waals surface area (Å²) in [7, 11) is 2.71. The van der Waals surface area contributed by atoms with Crippen LogP contribution in [-0.4, -0.2) is 90.8 Å². The molecule has 6 heterocycles. The number of rotatable bonds is 14. The van der Waals surface area contributed by atoms with Gasteiger partial charge in [-0.2, -0.15) is 30.6 Å². The fourth-order valence-electron chi connectivity index (χ4n) is 10.3. The van der Waals surface area contributed by atoms with Crippen molar-refractivity contribution in [2.75, 3.05) is 17.7 Å². The average Bonchev–Trinajstić information content (AvgIpc) is 3.71. The van der Waals surface area contributed by atoms with Gasteiger partial charge in [0.25, 0.3) is 5.91 Å². The molecule has 4 aliphatic carbocycles. The number of carboxylic acids is 1. The molecule has 6 atom stereocenters. The lowest BCUT2D eigenvalue weighted by molar-refractivity contribution is 0.0668. The molecule has 1 amide bonds. The van der Waals surface area contributed by atoms with Gasteiger partial charge in [-0.05, 0) is 79.4 Å². The monoisotopic (exact) mass is 974 g/mol. The van der Waals surface area contributed by atoms with Gasteiger partial charge in [0.05, 0.1) is 36.2 Å². The molecule has 19 heteroatoms. The van der Waals surface area contributed by atoms with Crippen LogP contribution in [0.15, 0.2) is 110 Å². The number of amides is 1. The predicted octanol–water partition coefficient (Wildman–Crippen LogP) is 8.06. The number of nitrogens with two attached hydrogens (primary N) is 1. The second kappa shape index (κ2) is 19.8. The van der Waals surface area contributed by atoms with Gasteiger partial charge in [-0.15, -0.1) is 0 Å². The number of nitrogen functional groups attached to an aromatic ring is 1. The van der Waals surface area contributed by atoms with Crippen molar-refractivity contribution in [3.63, 3.8) is 0 Å². The molecular weight excluding hydrogens is 913 g/mol. The molecule has 0 bridgehead atoms. The van der Waals surface area contributed by atoms with Gasteiger partial charge in [0, 0.05) is 87.2 Å². The van der Waals surface area contributed by atoms with Crippen molar-refractivity contribution < 1.29 is 19.4 Å². The van der Waals surface area contributed by atoms with Crippen LogP contribution in [0.1, 0.15) is 115 Å². The van der Waals surface area contributed by atoms with E-state index in [-0.39, 0.29) is 23.7 Å². The maximum absolute atomic E-state index is 13.0. The molecule has 18 nitrogen and oxygen atoms in total. The summed E-state index contributed by atoms with van der Waals surface area (Å²) in [4.78, 5) is 24.4. The van der Waals surface area contributed by atoms with E-state index in [2.05, 4.69) is 84.9 Å². The molecule has 71 heavy (non-hydrogen) atoms. The molecule has 6 unspecified atom stereocenters. The number of aromatic carboxylic acids is 1. The van der Waals surface area contributed by atoms with Gasteiger partial charge in [0.15, 0.2) is 11.4 Å². The van der Waals surface area contributed by atoms with E-state index in [0.717, 1.165) is 89.0 Å². The first-order valence-corrected chi connectivity index (χ1v) is 28.2. The highest BCUT2D eigenvalue weighted by Crippen LogP contribution is 2.56. The van der Waals surface area contributed by atoms with Crippen molar-refractivity contribution in [2.45, 2.75) is 94.9 Å². The summed E-state index contributed by atoms with van der Waals surface area (Å²) in [6, 6.07) is 21.3. The van der Waals surface area contributed by atoms with E-state index >= 15 is 0 Å². The number of aromatic amines is 1. The Morgan fingerprint density at radius 2 is 1.35 bits per heavy atom. The fraction of sp³-hybridized carbons (Fsp3) is 0.385. The van der Waals surface area contributed by atoms with Crippen molar-refractivity contribution >= 4 is 31.3 Å². The SMILES string of the molecule is C[Si](C)(C)CCOCn1nc(C(=O)O)c2c1CCC1CC21.Cn1cc(C(c2ccccc2)n2cc(N)cn2)cn1.Cn1cc(C(c2ccccc2)n2cc(NC(=O)c3n[nH]c4c3C3CC3CC4)cn2)cn1. The van der Waals surface area contributed by atoms with Crippen LogP contribution in [0, 0.1) is 11.8 Å². The topological polar surface area (TPSA) is 219 Å². The minimum atomic E-state index is -1.09. The summed E-state index contributed by atoms with van der Waals surface area (Å²) >= 11 is 0. The highest BCUT2D eigenvalue weighted by molar-refractivity contribution is 6.76. The normalized spacial score (nSPS) is 19.1. The number of aryl methyl sites for hydroxylation is 3. The van der Waals surface area contributed by atoms with Gasteiger partial charge >= 0.3 is 5.97 Å². The number of fused-ring (bicyclic) bond motifs is 6. The number of nitrogens with zero attached hydrogens (tertiary/aromatic N) is 11. The summed E-state index contributed by atoms with van der Waals surface area (Å²) in [5.74, 6) is 1.28. The second-order valence-electron chi connectivity index (χ2n) is 20.5. The van der Waals surface area contributed by atoms with E-state index in [1.807, 2.05) is 97.0 Å². The first kappa shape index (κ1) is 47.3. The average molecular weight is 975 g/mol. The second-order valence-corrected chi connectivity index (χ2v) is 26.2. The number of carboxylic acid groups (broad SMARTS) is 1. The van der Waals surface area contributed by atoms with E-state index in [1.165, 1.54) is 12.8 Å². The van der Waals surface area contributed by atoms with E-state index in [4.69, 9.17) is 10.5 Å². The number of nitrogens with one attached hydrogen (secondary N) is 2. The van der Waals surface area contributed by atoms with E-state index < -0.39 is 14.0 Å². The highest BCUT2D eigenvalue weighted by Gasteiger charge is 2.47. The Kier molecular flexibility index (Phi) is 13.2. The minimum Gasteiger partial charge on any atom is -0.476 e. The van der Waals surface area contributed by atoms with E-state index in [0.29, 0.717) is 41.6 Å². The molecule has 368 valence electrons. The summed E-state index contributed by atoms with van der Waals surface area (Å²) in [5, 5.41) is 41.5. The van der Waals surface area contributed by atoms with Crippen molar-refractivity contribution in [3.05, 3.63) is 166 Å². The minimum absolute atomic E-state index is 0.00722. The van der Waals surface area contributed by atoms with Crippen LogP contribution in [0.3, 0.4) is 0 Å². The van der Waals surface area contributed by atoms with E-state index in [9.17, 15) is 14.7 Å². The number of carbonyl (C=O) groups is 2. The molecule has 12 rings (SSSR count). The number of hydrogen-bond donors (Lipinski definition) is 4. The van der Waals surface area contributed by atoms with Crippen molar-refractivity contribution in [3.8, 4) is 0 Å². The zero-order valence-electron chi connectivity index (χ0n) is 40.9. The Hall–Kier alpha value is -7.38. The first-order chi connectivity index (χ1) is 34.3. The van der Waals surface area contributed by atoms with Crippen LogP contribution < -0.4 is 11.1 Å². The molecule has 2 saturated carbocycles. The smallest absolute Gasteiger partial charge is 0.356 e.